The van der Waals surface area contributed by atoms with Crippen molar-refractivity contribution in [2.24, 2.45) is 0 Å². The van der Waals surface area contributed by atoms with E-state index in [0.29, 0.717) is 17.4 Å². The van der Waals surface area contributed by atoms with Crippen LogP contribution in [0.1, 0.15) is 6.42 Å². The zero-order valence-corrected chi connectivity index (χ0v) is 7.96. The second kappa shape index (κ2) is 5.47. The normalized spacial score (nSPS) is 8.50. The molecule has 0 aliphatic heterocycles. The van der Waals surface area contributed by atoms with E-state index in [1.54, 1.807) is 11.9 Å². The molecular weight excluding hydrogens is 243 g/mol. The summed E-state index contributed by atoms with van der Waals surface area (Å²) >= 11 is 2.01. The highest BCUT2D eigenvalue weighted by molar-refractivity contribution is 14.1. The van der Waals surface area contributed by atoms with Crippen molar-refractivity contribution >= 4 is 28.5 Å². The summed E-state index contributed by atoms with van der Waals surface area (Å²) in [5.74, 6) is 0.0795. The van der Waals surface area contributed by atoms with Crippen LogP contribution in [0.4, 0.5) is 0 Å². The van der Waals surface area contributed by atoms with Gasteiger partial charge in [0.25, 0.3) is 0 Å². The van der Waals surface area contributed by atoms with Gasteiger partial charge in [0, 0.05) is 13.6 Å². The van der Waals surface area contributed by atoms with Crippen LogP contribution in [-0.4, -0.2) is 28.8 Å². The van der Waals surface area contributed by atoms with E-state index in [1.165, 1.54) is 0 Å². The monoisotopic (exact) mass is 252 g/mol. The highest BCUT2D eigenvalue weighted by Gasteiger charge is 2.03. The zero-order valence-electron chi connectivity index (χ0n) is 5.80. The molecule has 0 atom stereocenters. The Labute approximate surface area is 74.1 Å². The third kappa shape index (κ3) is 3.67. The molecule has 0 spiro atoms. The molecule has 0 aromatic carbocycles. The molecule has 0 heterocycles. The van der Waals surface area contributed by atoms with Gasteiger partial charge in [-0.2, -0.15) is 5.26 Å². The number of amides is 1. The van der Waals surface area contributed by atoms with Crippen molar-refractivity contribution in [2.75, 3.05) is 18.0 Å². The van der Waals surface area contributed by atoms with Crippen LogP contribution in [0, 0.1) is 11.3 Å². The van der Waals surface area contributed by atoms with Gasteiger partial charge in [-0.1, -0.05) is 22.6 Å². The van der Waals surface area contributed by atoms with E-state index in [4.69, 9.17) is 5.26 Å². The summed E-state index contributed by atoms with van der Waals surface area (Å²) in [6.07, 6.45) is 0.416. The van der Waals surface area contributed by atoms with Gasteiger partial charge in [-0.25, -0.2) is 0 Å². The third-order valence-electron chi connectivity index (χ3n) is 1.10. The van der Waals surface area contributed by atoms with Gasteiger partial charge in [-0.3, -0.25) is 4.79 Å². The first kappa shape index (κ1) is 9.69. The Hall–Kier alpha value is -0.310. The number of hydrogen-bond acceptors (Lipinski definition) is 2. The van der Waals surface area contributed by atoms with Crippen molar-refractivity contribution in [3.63, 3.8) is 0 Å². The van der Waals surface area contributed by atoms with Crippen LogP contribution in [0.25, 0.3) is 0 Å². The Morgan fingerprint density at radius 2 is 2.40 bits per heavy atom. The summed E-state index contributed by atoms with van der Waals surface area (Å²) in [4.78, 5) is 12.4. The second-order valence-electron chi connectivity index (χ2n) is 1.86. The molecule has 0 rings (SSSR count). The maximum atomic E-state index is 10.8. The van der Waals surface area contributed by atoms with Gasteiger partial charge in [-0.15, -0.1) is 0 Å². The van der Waals surface area contributed by atoms with Crippen LogP contribution in [-0.2, 0) is 4.79 Å². The minimum absolute atomic E-state index is 0.0795. The van der Waals surface area contributed by atoms with E-state index >= 15 is 0 Å². The van der Waals surface area contributed by atoms with E-state index in [2.05, 4.69) is 0 Å². The molecule has 1 amide bonds. The summed E-state index contributed by atoms with van der Waals surface area (Å²) in [5, 5.41) is 8.18. The highest BCUT2D eigenvalue weighted by atomic mass is 127. The first-order valence-electron chi connectivity index (χ1n) is 2.89. The van der Waals surface area contributed by atoms with Gasteiger partial charge in [0.2, 0.25) is 5.91 Å². The van der Waals surface area contributed by atoms with Crippen LogP contribution in [0.5, 0.6) is 0 Å². The molecule has 0 saturated heterocycles. The van der Waals surface area contributed by atoms with E-state index in [1.807, 2.05) is 28.7 Å². The lowest BCUT2D eigenvalue weighted by molar-refractivity contribution is -0.126. The fraction of sp³-hybridized carbons (Fsp3) is 0.667. The Kier molecular flexibility index (Phi) is 5.30. The number of hydrogen-bond donors (Lipinski definition) is 0. The summed E-state index contributed by atoms with van der Waals surface area (Å²) in [6.45, 7) is 0.540. The predicted molar refractivity (Wildman–Crippen MR) is 46.8 cm³/mol. The lowest BCUT2D eigenvalue weighted by atomic mass is 10.4. The van der Waals surface area contributed by atoms with Gasteiger partial charge in [0.05, 0.1) is 16.9 Å². The topological polar surface area (TPSA) is 44.1 Å². The van der Waals surface area contributed by atoms with Gasteiger partial charge >= 0.3 is 0 Å². The minimum Gasteiger partial charge on any atom is -0.344 e. The smallest absolute Gasteiger partial charge is 0.232 e. The van der Waals surface area contributed by atoms with Gasteiger partial charge < -0.3 is 4.90 Å². The van der Waals surface area contributed by atoms with Crippen LogP contribution >= 0.6 is 22.6 Å². The Morgan fingerprint density at radius 3 is 2.80 bits per heavy atom. The van der Waals surface area contributed by atoms with Gasteiger partial charge in [0.15, 0.2) is 0 Å². The molecule has 0 N–H and O–H groups in total. The van der Waals surface area contributed by atoms with Crippen LogP contribution in [0.3, 0.4) is 0 Å². The minimum atomic E-state index is 0.0795. The number of carbonyl (C=O) groups excluding carboxylic acids is 1. The summed E-state index contributed by atoms with van der Waals surface area (Å²) < 4.78 is 0.486. The largest absolute Gasteiger partial charge is 0.344 e. The van der Waals surface area contributed by atoms with E-state index in [9.17, 15) is 4.79 Å². The maximum Gasteiger partial charge on any atom is 0.232 e. The molecule has 0 aliphatic carbocycles. The van der Waals surface area contributed by atoms with Gasteiger partial charge in [-0.05, 0) is 0 Å². The Morgan fingerprint density at radius 1 is 1.80 bits per heavy atom. The third-order valence-corrected chi connectivity index (χ3v) is 1.75. The maximum absolute atomic E-state index is 10.8. The van der Waals surface area contributed by atoms with Crippen molar-refractivity contribution in [1.29, 1.82) is 5.26 Å². The molecule has 0 fully saturated rings. The number of halogens is 1. The fourth-order valence-corrected chi connectivity index (χ4v) is 1.03. The van der Waals surface area contributed by atoms with Crippen molar-refractivity contribution in [3.8, 4) is 6.07 Å². The van der Waals surface area contributed by atoms with Crippen molar-refractivity contribution in [2.45, 2.75) is 6.42 Å². The van der Waals surface area contributed by atoms with Gasteiger partial charge in [0.1, 0.15) is 0 Å². The highest BCUT2D eigenvalue weighted by Crippen LogP contribution is 1.91. The van der Waals surface area contributed by atoms with E-state index < -0.39 is 0 Å². The number of rotatable bonds is 3. The number of nitrogens with zero attached hydrogens (tertiary/aromatic N) is 2. The van der Waals surface area contributed by atoms with Crippen LogP contribution in [0.2, 0.25) is 0 Å². The van der Waals surface area contributed by atoms with Crippen LogP contribution in [0.15, 0.2) is 0 Å². The molecule has 0 bridgehead atoms. The standard InChI is InChI=1S/C6H9IN2O/c1-9(4-2-3-8)6(10)5-7/h2,4-5H2,1H3. The summed E-state index contributed by atoms with van der Waals surface area (Å²) in [5.41, 5.74) is 0. The fourth-order valence-electron chi connectivity index (χ4n) is 0.444. The number of carbonyl (C=O) groups is 1. The van der Waals surface area contributed by atoms with Crippen molar-refractivity contribution < 1.29 is 4.79 Å². The van der Waals surface area contributed by atoms with Crippen molar-refractivity contribution in [3.05, 3.63) is 0 Å². The average Bonchev–Trinajstić information content (AvgIpc) is 1.98. The average molecular weight is 252 g/mol. The van der Waals surface area contributed by atoms with E-state index in [-0.39, 0.29) is 5.91 Å². The lowest BCUT2D eigenvalue weighted by Crippen LogP contribution is -2.28. The lowest BCUT2D eigenvalue weighted by Gasteiger charge is -2.12. The predicted octanol–water partition coefficient (Wildman–Crippen LogP) is 0.793. The Balaban J connectivity index is 3.53. The zero-order chi connectivity index (χ0) is 7.98. The first-order valence-corrected chi connectivity index (χ1v) is 4.41. The SMILES string of the molecule is CN(CCC#N)C(=O)CI. The molecule has 0 unspecified atom stereocenters. The summed E-state index contributed by atoms with van der Waals surface area (Å²) in [6, 6.07) is 1.98. The Bertz CT molecular complexity index is 152. The van der Waals surface area contributed by atoms with Crippen molar-refractivity contribution in [1.82, 2.24) is 4.90 Å². The second-order valence-corrected chi connectivity index (χ2v) is 2.62. The quantitative estimate of drug-likeness (QED) is 0.550. The molecule has 56 valence electrons. The molecule has 10 heavy (non-hydrogen) atoms. The molecular formula is C6H9IN2O. The number of alkyl halides is 1. The number of nitriles is 1. The molecule has 0 aromatic rings. The van der Waals surface area contributed by atoms with Crippen LogP contribution < -0.4 is 0 Å². The summed E-state index contributed by atoms with van der Waals surface area (Å²) in [7, 11) is 1.71. The molecule has 0 aromatic heterocycles. The molecule has 0 radical (unpaired) electrons. The molecule has 3 nitrogen and oxygen atoms in total. The molecule has 0 saturated carbocycles. The molecule has 0 aliphatic rings. The van der Waals surface area contributed by atoms with E-state index in [0.717, 1.165) is 0 Å². The molecule has 4 heteroatoms. The first-order chi connectivity index (χ1) is 4.72.